The Balaban J connectivity index is 2.03. The van der Waals surface area contributed by atoms with Crippen molar-refractivity contribution in [2.45, 2.75) is 13.8 Å². The first-order valence-corrected chi connectivity index (χ1v) is 9.18. The molecule has 1 N–H and O–H groups in total. The molecule has 0 bridgehead atoms. The zero-order valence-electron chi connectivity index (χ0n) is 16.1. The van der Waals surface area contributed by atoms with Gasteiger partial charge in [0.25, 0.3) is 5.91 Å². The third-order valence-electron chi connectivity index (χ3n) is 4.01. The molecule has 6 nitrogen and oxygen atoms in total. The molecule has 0 aliphatic heterocycles. The number of hydrogen-bond donors (Lipinski definition) is 1. The van der Waals surface area contributed by atoms with Gasteiger partial charge in [0.05, 0.1) is 33.4 Å². The van der Waals surface area contributed by atoms with Gasteiger partial charge in [-0.1, -0.05) is 15.9 Å². The molecule has 0 aliphatic carbocycles. The molecule has 0 aliphatic rings. The maximum absolute atomic E-state index is 12.5. The summed E-state index contributed by atoms with van der Waals surface area (Å²) in [6.45, 7) is 4.68. The van der Waals surface area contributed by atoms with Crippen LogP contribution in [0.15, 0.2) is 28.7 Å². The summed E-state index contributed by atoms with van der Waals surface area (Å²) in [6, 6.07) is 7.30. The van der Waals surface area contributed by atoms with Crippen molar-refractivity contribution >= 4 is 21.8 Å². The summed E-state index contributed by atoms with van der Waals surface area (Å²) in [5.74, 6) is 1.76. The first kappa shape index (κ1) is 20.9. The monoisotopic (exact) mass is 437 g/mol. The van der Waals surface area contributed by atoms with Crippen molar-refractivity contribution in [2.24, 2.45) is 0 Å². The minimum atomic E-state index is -0.277. The fourth-order valence-corrected chi connectivity index (χ4v) is 3.50. The van der Waals surface area contributed by atoms with Gasteiger partial charge in [0, 0.05) is 4.47 Å². The van der Waals surface area contributed by atoms with Crippen LogP contribution in [-0.2, 0) is 0 Å². The average Bonchev–Trinajstić information content (AvgIpc) is 2.64. The Morgan fingerprint density at radius 1 is 0.963 bits per heavy atom. The molecule has 0 saturated heterocycles. The van der Waals surface area contributed by atoms with E-state index in [1.807, 2.05) is 26.0 Å². The van der Waals surface area contributed by atoms with Crippen LogP contribution in [-0.4, -0.2) is 40.4 Å². The molecule has 0 saturated carbocycles. The van der Waals surface area contributed by atoms with Crippen LogP contribution in [0, 0.1) is 13.8 Å². The summed E-state index contributed by atoms with van der Waals surface area (Å²) in [7, 11) is 4.51. The zero-order chi connectivity index (χ0) is 20.0. The average molecular weight is 438 g/mol. The minimum absolute atomic E-state index is 0.277. The lowest BCUT2D eigenvalue weighted by atomic mass is 10.1. The number of methoxy groups -OCH3 is 3. The highest BCUT2D eigenvalue weighted by atomic mass is 79.9. The second-order valence-electron chi connectivity index (χ2n) is 5.85. The van der Waals surface area contributed by atoms with Crippen molar-refractivity contribution in [3.8, 4) is 23.0 Å². The zero-order valence-corrected chi connectivity index (χ0v) is 17.7. The van der Waals surface area contributed by atoms with E-state index in [2.05, 4.69) is 21.2 Å². The van der Waals surface area contributed by atoms with Gasteiger partial charge in [-0.3, -0.25) is 4.79 Å². The molecular formula is C20H24BrNO5. The van der Waals surface area contributed by atoms with Crippen molar-refractivity contribution in [2.75, 3.05) is 34.5 Å². The fraction of sp³-hybridized carbons (Fsp3) is 0.350. The molecule has 2 rings (SSSR count). The largest absolute Gasteiger partial charge is 0.493 e. The molecule has 7 heteroatoms. The van der Waals surface area contributed by atoms with E-state index in [0.717, 1.165) is 21.3 Å². The number of halogens is 1. The highest BCUT2D eigenvalue weighted by Gasteiger charge is 2.20. The second-order valence-corrected chi connectivity index (χ2v) is 6.77. The van der Waals surface area contributed by atoms with Gasteiger partial charge in [-0.05, 0) is 49.2 Å². The highest BCUT2D eigenvalue weighted by molar-refractivity contribution is 9.10. The van der Waals surface area contributed by atoms with Gasteiger partial charge < -0.3 is 24.3 Å². The molecule has 0 unspecified atom stereocenters. The van der Waals surface area contributed by atoms with E-state index in [9.17, 15) is 4.79 Å². The molecule has 0 spiro atoms. The summed E-state index contributed by atoms with van der Waals surface area (Å²) >= 11 is 3.47. The number of hydrogen-bond acceptors (Lipinski definition) is 5. The van der Waals surface area contributed by atoms with E-state index in [1.165, 1.54) is 21.3 Å². The third-order valence-corrected chi connectivity index (χ3v) is 4.47. The Bertz CT molecular complexity index is 799. The Morgan fingerprint density at radius 2 is 1.59 bits per heavy atom. The molecule has 0 radical (unpaired) electrons. The number of benzene rings is 2. The summed E-state index contributed by atoms with van der Waals surface area (Å²) in [4.78, 5) is 12.5. The van der Waals surface area contributed by atoms with Crippen LogP contribution in [0.4, 0.5) is 0 Å². The first-order valence-electron chi connectivity index (χ1n) is 8.39. The van der Waals surface area contributed by atoms with Crippen LogP contribution in [0.5, 0.6) is 23.0 Å². The first-order chi connectivity index (χ1) is 12.9. The second kappa shape index (κ2) is 9.50. The molecular weight excluding hydrogens is 414 g/mol. The maximum atomic E-state index is 12.5. The molecule has 1 amide bonds. The number of aryl methyl sites for hydroxylation is 2. The van der Waals surface area contributed by atoms with Crippen molar-refractivity contribution < 1.29 is 23.7 Å². The van der Waals surface area contributed by atoms with Crippen molar-refractivity contribution in [3.05, 3.63) is 45.4 Å². The lowest BCUT2D eigenvalue weighted by Crippen LogP contribution is -2.28. The molecule has 0 heterocycles. The van der Waals surface area contributed by atoms with Crippen molar-refractivity contribution in [1.29, 1.82) is 0 Å². The predicted molar refractivity (Wildman–Crippen MR) is 108 cm³/mol. The molecule has 0 fully saturated rings. The smallest absolute Gasteiger partial charge is 0.255 e. The lowest BCUT2D eigenvalue weighted by Gasteiger charge is -2.16. The van der Waals surface area contributed by atoms with E-state index >= 15 is 0 Å². The Morgan fingerprint density at radius 3 is 2.15 bits per heavy atom. The summed E-state index contributed by atoms with van der Waals surface area (Å²) in [5.41, 5.74) is 2.44. The quantitative estimate of drug-likeness (QED) is 0.634. The molecule has 0 atom stereocenters. The Kier molecular flexibility index (Phi) is 7.36. The van der Waals surface area contributed by atoms with E-state index < -0.39 is 0 Å². The van der Waals surface area contributed by atoms with Crippen LogP contribution in [0.3, 0.4) is 0 Å². The molecule has 2 aromatic rings. The summed E-state index contributed by atoms with van der Waals surface area (Å²) in [6.07, 6.45) is 0. The molecule has 2 aromatic carbocycles. The third kappa shape index (κ3) is 4.86. The van der Waals surface area contributed by atoms with Crippen molar-refractivity contribution in [1.82, 2.24) is 5.32 Å². The van der Waals surface area contributed by atoms with Gasteiger partial charge in [-0.25, -0.2) is 0 Å². The van der Waals surface area contributed by atoms with Gasteiger partial charge in [-0.2, -0.15) is 0 Å². The number of rotatable bonds is 8. The Labute approximate surface area is 167 Å². The van der Waals surface area contributed by atoms with Crippen LogP contribution in [0.25, 0.3) is 0 Å². The fourth-order valence-electron chi connectivity index (χ4n) is 2.82. The highest BCUT2D eigenvalue weighted by Crippen LogP contribution is 2.39. The van der Waals surface area contributed by atoms with Gasteiger partial charge in [0.15, 0.2) is 11.5 Å². The Hall–Kier alpha value is -2.41. The van der Waals surface area contributed by atoms with Crippen LogP contribution in [0.1, 0.15) is 21.5 Å². The number of carbonyl (C=O) groups is 1. The standard InChI is InChI=1S/C20H24BrNO5/c1-12-10-14(21)11-13(2)17(12)27-9-8-22-20(23)15-6-7-16(24-3)19(26-5)18(15)25-4/h6-7,10-11H,8-9H2,1-5H3,(H,22,23). The van der Waals surface area contributed by atoms with Crippen molar-refractivity contribution in [3.63, 3.8) is 0 Å². The van der Waals surface area contributed by atoms with Crippen LogP contribution < -0.4 is 24.3 Å². The summed E-state index contributed by atoms with van der Waals surface area (Å²) in [5, 5.41) is 2.83. The molecule has 0 aromatic heterocycles. The van der Waals surface area contributed by atoms with E-state index in [4.69, 9.17) is 18.9 Å². The van der Waals surface area contributed by atoms with Gasteiger partial charge >= 0.3 is 0 Å². The van der Waals surface area contributed by atoms with Crippen LogP contribution in [0.2, 0.25) is 0 Å². The maximum Gasteiger partial charge on any atom is 0.255 e. The van der Waals surface area contributed by atoms with Gasteiger partial charge in [0.1, 0.15) is 12.4 Å². The normalized spacial score (nSPS) is 10.3. The number of amides is 1. The predicted octanol–water partition coefficient (Wildman–Crippen LogP) is 3.90. The number of ether oxygens (including phenoxy) is 4. The molecule has 146 valence electrons. The SMILES string of the molecule is COc1ccc(C(=O)NCCOc2c(C)cc(Br)cc2C)c(OC)c1OC. The number of nitrogens with one attached hydrogen (secondary N) is 1. The van der Waals surface area contributed by atoms with Gasteiger partial charge in [0.2, 0.25) is 5.75 Å². The van der Waals surface area contributed by atoms with E-state index in [0.29, 0.717) is 36.0 Å². The van der Waals surface area contributed by atoms with Crippen LogP contribution >= 0.6 is 15.9 Å². The van der Waals surface area contributed by atoms with Gasteiger partial charge in [-0.15, -0.1) is 0 Å². The topological polar surface area (TPSA) is 66.0 Å². The van der Waals surface area contributed by atoms with E-state index in [-0.39, 0.29) is 5.91 Å². The molecule has 27 heavy (non-hydrogen) atoms. The summed E-state index contributed by atoms with van der Waals surface area (Å²) < 4.78 is 22.7. The minimum Gasteiger partial charge on any atom is -0.493 e. The number of carbonyl (C=O) groups excluding carboxylic acids is 1. The van der Waals surface area contributed by atoms with E-state index in [1.54, 1.807) is 12.1 Å². The lowest BCUT2D eigenvalue weighted by molar-refractivity contribution is 0.0943.